The number of aryl methyl sites for hydroxylation is 1. The minimum atomic E-state index is 0.149. The van der Waals surface area contributed by atoms with Gasteiger partial charge in [0.2, 0.25) is 0 Å². The van der Waals surface area contributed by atoms with Gasteiger partial charge in [-0.05, 0) is 42.7 Å². The minimum absolute atomic E-state index is 0.149. The summed E-state index contributed by atoms with van der Waals surface area (Å²) in [6.45, 7) is 11.6. The van der Waals surface area contributed by atoms with Crippen LogP contribution in [0.1, 0.15) is 50.7 Å². The number of benzene rings is 1. The molecule has 0 saturated carbocycles. The Morgan fingerprint density at radius 3 is 2.62 bits per heavy atom. The Labute approximate surface area is 128 Å². The van der Waals surface area contributed by atoms with Crippen molar-refractivity contribution in [2.45, 2.75) is 46.5 Å². The second-order valence-electron chi connectivity index (χ2n) is 6.85. The van der Waals surface area contributed by atoms with Crippen molar-refractivity contribution in [3.63, 3.8) is 0 Å². The quantitative estimate of drug-likeness (QED) is 0.876. The number of quaternary nitrogens is 1. The van der Waals surface area contributed by atoms with Crippen molar-refractivity contribution >= 4 is 11.6 Å². The summed E-state index contributed by atoms with van der Waals surface area (Å²) < 4.78 is 0. The van der Waals surface area contributed by atoms with E-state index in [2.05, 4.69) is 51.2 Å². The van der Waals surface area contributed by atoms with Crippen LogP contribution in [0.2, 0.25) is 0 Å². The van der Waals surface area contributed by atoms with E-state index in [0.29, 0.717) is 12.5 Å². The first-order valence-electron chi connectivity index (χ1n) is 8.20. The first kappa shape index (κ1) is 16.0. The van der Waals surface area contributed by atoms with Crippen LogP contribution in [0.15, 0.2) is 18.2 Å². The predicted molar refractivity (Wildman–Crippen MR) is 87.9 cm³/mol. The van der Waals surface area contributed by atoms with Crippen molar-refractivity contribution in [3.05, 3.63) is 29.3 Å². The van der Waals surface area contributed by atoms with E-state index in [0.717, 1.165) is 30.3 Å². The molecule has 1 saturated heterocycles. The van der Waals surface area contributed by atoms with Crippen molar-refractivity contribution in [2.24, 2.45) is 5.92 Å². The molecule has 0 atom stereocenters. The first-order valence-corrected chi connectivity index (χ1v) is 8.20. The van der Waals surface area contributed by atoms with Gasteiger partial charge in [0.05, 0.1) is 13.1 Å². The lowest BCUT2D eigenvalue weighted by Gasteiger charge is -2.27. The van der Waals surface area contributed by atoms with Gasteiger partial charge in [-0.3, -0.25) is 4.79 Å². The van der Waals surface area contributed by atoms with Gasteiger partial charge < -0.3 is 10.2 Å². The van der Waals surface area contributed by atoms with Crippen LogP contribution in [0.3, 0.4) is 0 Å². The molecule has 1 aromatic rings. The van der Waals surface area contributed by atoms with Crippen LogP contribution in [-0.2, 0) is 4.79 Å². The van der Waals surface area contributed by atoms with Gasteiger partial charge in [0.1, 0.15) is 0 Å². The van der Waals surface area contributed by atoms with Crippen LogP contribution < -0.4 is 10.2 Å². The fourth-order valence-electron chi connectivity index (χ4n) is 3.10. The monoisotopic (exact) mass is 289 g/mol. The van der Waals surface area contributed by atoms with E-state index in [4.69, 9.17) is 0 Å². The zero-order valence-electron chi connectivity index (χ0n) is 13.8. The molecule has 116 valence electrons. The van der Waals surface area contributed by atoms with Gasteiger partial charge in [-0.15, -0.1) is 0 Å². The molecule has 1 fully saturated rings. The fraction of sp³-hybridized carbons (Fsp3) is 0.611. The third-order valence-electron chi connectivity index (χ3n) is 4.58. The van der Waals surface area contributed by atoms with Gasteiger partial charge >= 0.3 is 0 Å². The van der Waals surface area contributed by atoms with Crippen molar-refractivity contribution < 1.29 is 9.69 Å². The topological polar surface area (TPSA) is 33.5 Å². The molecule has 0 bridgehead atoms. The molecule has 2 rings (SSSR count). The summed E-state index contributed by atoms with van der Waals surface area (Å²) >= 11 is 0. The number of carbonyl (C=O) groups excluding carboxylic acids is 1. The molecular formula is C18H29N2O+. The molecule has 0 radical (unpaired) electrons. The second kappa shape index (κ2) is 7.08. The number of likely N-dealkylation sites (tertiary alicyclic amines) is 1. The maximum atomic E-state index is 12.4. The zero-order valence-corrected chi connectivity index (χ0v) is 13.8. The van der Waals surface area contributed by atoms with E-state index in [9.17, 15) is 4.79 Å². The van der Waals surface area contributed by atoms with Crippen molar-refractivity contribution in [1.29, 1.82) is 0 Å². The minimum Gasteiger partial charge on any atom is -0.327 e. The van der Waals surface area contributed by atoms with Gasteiger partial charge in [-0.25, -0.2) is 0 Å². The van der Waals surface area contributed by atoms with Gasteiger partial charge in [0.25, 0.3) is 5.91 Å². The molecule has 1 heterocycles. The lowest BCUT2D eigenvalue weighted by Crippen LogP contribution is -3.14. The predicted octanol–water partition coefficient (Wildman–Crippen LogP) is 2.37. The summed E-state index contributed by atoms with van der Waals surface area (Å²) in [4.78, 5) is 13.8. The highest BCUT2D eigenvalue weighted by atomic mass is 16.2. The average Bonchev–Trinajstić information content (AvgIpc) is 2.43. The third kappa shape index (κ3) is 4.31. The number of piperidine rings is 1. The van der Waals surface area contributed by atoms with Gasteiger partial charge in [0.15, 0.2) is 6.54 Å². The molecular weight excluding hydrogens is 260 g/mol. The van der Waals surface area contributed by atoms with Crippen molar-refractivity contribution in [2.75, 3.05) is 25.0 Å². The number of amides is 1. The fourth-order valence-corrected chi connectivity index (χ4v) is 3.10. The first-order chi connectivity index (χ1) is 9.97. The molecule has 3 heteroatoms. The number of para-hydroxylation sites is 1. The van der Waals surface area contributed by atoms with Crippen molar-refractivity contribution in [3.8, 4) is 0 Å². The van der Waals surface area contributed by atoms with E-state index in [1.54, 1.807) is 0 Å². The van der Waals surface area contributed by atoms with Crippen LogP contribution in [-0.4, -0.2) is 25.5 Å². The molecule has 0 unspecified atom stereocenters. The molecule has 3 nitrogen and oxygen atoms in total. The van der Waals surface area contributed by atoms with Gasteiger partial charge in [0, 0.05) is 5.69 Å². The molecule has 1 aliphatic rings. The summed E-state index contributed by atoms with van der Waals surface area (Å²) in [6, 6.07) is 6.25. The van der Waals surface area contributed by atoms with E-state index in [-0.39, 0.29) is 5.91 Å². The Bertz CT molecular complexity index is 488. The SMILES string of the molecule is Cc1cccc(C(C)C)c1NC(=O)C[NH+]1CCC(C)CC1. The molecule has 21 heavy (non-hydrogen) atoms. The molecule has 0 aliphatic carbocycles. The smallest absolute Gasteiger partial charge is 0.279 e. The molecule has 1 aromatic carbocycles. The maximum absolute atomic E-state index is 12.4. The number of nitrogens with one attached hydrogen (secondary N) is 2. The largest absolute Gasteiger partial charge is 0.327 e. The molecule has 0 aromatic heterocycles. The number of rotatable bonds is 4. The maximum Gasteiger partial charge on any atom is 0.279 e. The number of hydrogen-bond donors (Lipinski definition) is 2. The van der Waals surface area contributed by atoms with Gasteiger partial charge in [-0.1, -0.05) is 39.0 Å². The van der Waals surface area contributed by atoms with E-state index in [1.165, 1.54) is 23.3 Å². The zero-order chi connectivity index (χ0) is 15.4. The Morgan fingerprint density at radius 1 is 1.33 bits per heavy atom. The lowest BCUT2D eigenvalue weighted by molar-refractivity contribution is -0.897. The van der Waals surface area contributed by atoms with Crippen LogP contribution >= 0.6 is 0 Å². The van der Waals surface area contributed by atoms with E-state index < -0.39 is 0 Å². The normalized spacial score (nSPS) is 22.3. The Hall–Kier alpha value is -1.35. The van der Waals surface area contributed by atoms with Gasteiger partial charge in [-0.2, -0.15) is 0 Å². The lowest BCUT2D eigenvalue weighted by atomic mass is 9.98. The number of anilines is 1. The third-order valence-corrected chi connectivity index (χ3v) is 4.58. The number of carbonyl (C=O) groups is 1. The molecule has 0 spiro atoms. The summed E-state index contributed by atoms with van der Waals surface area (Å²) in [5.74, 6) is 1.39. The molecule has 1 amide bonds. The Morgan fingerprint density at radius 2 is 2.00 bits per heavy atom. The highest BCUT2D eigenvalue weighted by Crippen LogP contribution is 2.27. The standard InChI is InChI=1S/C18H28N2O/c1-13(2)16-7-5-6-15(4)18(16)19-17(21)12-20-10-8-14(3)9-11-20/h5-7,13-14H,8-12H2,1-4H3,(H,19,21)/p+1. The summed E-state index contributed by atoms with van der Waals surface area (Å²) in [7, 11) is 0. The number of hydrogen-bond acceptors (Lipinski definition) is 1. The van der Waals surface area contributed by atoms with Crippen LogP contribution in [0.4, 0.5) is 5.69 Å². The summed E-state index contributed by atoms with van der Waals surface area (Å²) in [5, 5.41) is 3.16. The van der Waals surface area contributed by atoms with Crippen LogP contribution in [0, 0.1) is 12.8 Å². The highest BCUT2D eigenvalue weighted by Gasteiger charge is 2.22. The molecule has 2 N–H and O–H groups in total. The summed E-state index contributed by atoms with van der Waals surface area (Å²) in [5.41, 5.74) is 3.39. The van der Waals surface area contributed by atoms with Crippen LogP contribution in [0.25, 0.3) is 0 Å². The second-order valence-corrected chi connectivity index (χ2v) is 6.85. The average molecular weight is 289 g/mol. The Kier molecular flexibility index (Phi) is 5.40. The highest BCUT2D eigenvalue weighted by molar-refractivity contribution is 5.93. The van der Waals surface area contributed by atoms with E-state index >= 15 is 0 Å². The molecule has 1 aliphatic heterocycles. The van der Waals surface area contributed by atoms with Crippen LogP contribution in [0.5, 0.6) is 0 Å². The van der Waals surface area contributed by atoms with Crippen molar-refractivity contribution in [1.82, 2.24) is 0 Å². The van der Waals surface area contributed by atoms with E-state index in [1.807, 2.05) is 0 Å². The summed E-state index contributed by atoms with van der Waals surface area (Å²) in [6.07, 6.45) is 2.48. The Balaban J connectivity index is 2.00.